The number of rotatable bonds is 8. The van der Waals surface area contributed by atoms with Crippen LogP contribution < -0.4 is 9.47 Å². The molecule has 1 fully saturated rings. The average Bonchev–Trinajstić information content (AvgIpc) is 3.14. The number of carbonyl (C=O) groups excluding carboxylic acids is 2. The number of methoxy groups -OCH3 is 1. The molecule has 194 valence electrons. The van der Waals surface area contributed by atoms with Gasteiger partial charge in [-0.15, -0.1) is 0 Å². The molecule has 1 aliphatic rings. The number of carbonyl (C=O) groups is 2. The molecule has 0 saturated carbocycles. The summed E-state index contributed by atoms with van der Waals surface area (Å²) in [5.41, 5.74) is -0.133. The van der Waals surface area contributed by atoms with Gasteiger partial charge in [0.25, 0.3) is 16.8 Å². The van der Waals surface area contributed by atoms with Gasteiger partial charge in [0.15, 0.2) is 11.5 Å². The summed E-state index contributed by atoms with van der Waals surface area (Å²) in [4.78, 5) is 47.5. The van der Waals surface area contributed by atoms with Crippen molar-refractivity contribution in [2.45, 2.75) is 6.54 Å². The van der Waals surface area contributed by atoms with E-state index in [0.717, 1.165) is 34.9 Å². The van der Waals surface area contributed by atoms with E-state index in [1.807, 2.05) is 0 Å². The van der Waals surface area contributed by atoms with Crippen molar-refractivity contribution in [1.82, 2.24) is 4.90 Å². The minimum absolute atomic E-state index is 0.0862. The fourth-order valence-electron chi connectivity index (χ4n) is 3.45. The van der Waals surface area contributed by atoms with Gasteiger partial charge in [0.05, 0.1) is 34.5 Å². The maximum Gasteiger partial charge on any atom is 0.318 e. The fraction of sp³-hybridized carbons (Fsp3) is 0.0833. The summed E-state index contributed by atoms with van der Waals surface area (Å²) in [6.07, 6.45) is 1.49. The average molecular weight is 576 g/mol. The van der Waals surface area contributed by atoms with E-state index in [2.05, 4.69) is 0 Å². The van der Waals surface area contributed by atoms with Gasteiger partial charge in [0, 0.05) is 21.7 Å². The van der Waals surface area contributed by atoms with E-state index in [1.54, 1.807) is 24.3 Å². The summed E-state index contributed by atoms with van der Waals surface area (Å²) in [5, 5.41) is 22.5. The highest BCUT2D eigenvalue weighted by Crippen LogP contribution is 2.40. The standard InChI is InChI=1S/C24H15Cl2N3O8S/c1-36-21-9-13(5-7-20(21)37-19-8-6-14(28(32)33)11-18(19)29(34)35)10-22-23(30)27(24(31)38-22)12-15-16(25)3-2-4-17(15)26/h2-11H,12H2,1H3. The van der Waals surface area contributed by atoms with E-state index >= 15 is 0 Å². The lowest BCUT2D eigenvalue weighted by Crippen LogP contribution is -2.27. The lowest BCUT2D eigenvalue weighted by molar-refractivity contribution is -0.394. The first kappa shape index (κ1) is 26.9. The molecule has 0 N–H and O–H groups in total. The summed E-state index contributed by atoms with van der Waals surface area (Å²) in [7, 11) is 1.34. The highest BCUT2D eigenvalue weighted by molar-refractivity contribution is 8.18. The monoisotopic (exact) mass is 575 g/mol. The maximum atomic E-state index is 12.9. The van der Waals surface area contributed by atoms with E-state index in [0.29, 0.717) is 21.2 Å². The predicted molar refractivity (Wildman–Crippen MR) is 141 cm³/mol. The van der Waals surface area contributed by atoms with E-state index < -0.39 is 32.4 Å². The second-order valence-corrected chi connectivity index (χ2v) is 9.45. The molecule has 0 radical (unpaired) electrons. The van der Waals surface area contributed by atoms with Crippen LogP contribution in [-0.2, 0) is 11.3 Å². The van der Waals surface area contributed by atoms with Crippen LogP contribution in [0.3, 0.4) is 0 Å². The van der Waals surface area contributed by atoms with E-state index in [4.69, 9.17) is 32.7 Å². The topological polar surface area (TPSA) is 142 Å². The van der Waals surface area contributed by atoms with Crippen LogP contribution in [0, 0.1) is 20.2 Å². The summed E-state index contributed by atoms with van der Waals surface area (Å²) >= 11 is 13.1. The van der Waals surface area contributed by atoms with Crippen LogP contribution in [0.15, 0.2) is 59.5 Å². The second kappa shape index (κ2) is 11.1. The first-order valence-corrected chi connectivity index (χ1v) is 12.1. The molecule has 1 aliphatic heterocycles. The third kappa shape index (κ3) is 5.57. The summed E-state index contributed by atoms with van der Waals surface area (Å²) < 4.78 is 11.0. The van der Waals surface area contributed by atoms with Crippen LogP contribution in [0.1, 0.15) is 11.1 Å². The number of benzene rings is 3. The molecule has 11 nitrogen and oxygen atoms in total. The smallest absolute Gasteiger partial charge is 0.318 e. The highest BCUT2D eigenvalue weighted by atomic mass is 35.5. The minimum atomic E-state index is -0.797. The van der Waals surface area contributed by atoms with Crippen LogP contribution >= 0.6 is 35.0 Å². The van der Waals surface area contributed by atoms with Crippen molar-refractivity contribution in [1.29, 1.82) is 0 Å². The van der Waals surface area contributed by atoms with E-state index in [9.17, 15) is 29.8 Å². The summed E-state index contributed by atoms with van der Waals surface area (Å²) in [5.74, 6) is -0.515. The third-order valence-corrected chi connectivity index (χ3v) is 6.92. The molecule has 0 aliphatic carbocycles. The molecule has 38 heavy (non-hydrogen) atoms. The zero-order valence-electron chi connectivity index (χ0n) is 19.3. The minimum Gasteiger partial charge on any atom is -0.493 e. The number of imide groups is 1. The molecule has 0 spiro atoms. The molecular formula is C24H15Cl2N3O8S. The van der Waals surface area contributed by atoms with Crippen LogP contribution in [0.25, 0.3) is 6.08 Å². The summed E-state index contributed by atoms with van der Waals surface area (Å²) in [6, 6.07) is 12.4. The van der Waals surface area contributed by atoms with Gasteiger partial charge in [-0.1, -0.05) is 35.3 Å². The van der Waals surface area contributed by atoms with Gasteiger partial charge in [-0.3, -0.25) is 34.7 Å². The number of hydrogen-bond acceptors (Lipinski definition) is 9. The Labute approximate surface area is 228 Å². The highest BCUT2D eigenvalue weighted by Gasteiger charge is 2.35. The fourth-order valence-corrected chi connectivity index (χ4v) is 4.81. The lowest BCUT2D eigenvalue weighted by Gasteiger charge is -2.14. The van der Waals surface area contributed by atoms with Crippen LogP contribution in [0.2, 0.25) is 10.0 Å². The van der Waals surface area contributed by atoms with Crippen molar-refractivity contribution < 1.29 is 28.9 Å². The second-order valence-electron chi connectivity index (χ2n) is 7.65. The molecule has 0 unspecified atom stereocenters. The Morgan fingerprint density at radius 2 is 1.63 bits per heavy atom. The van der Waals surface area contributed by atoms with Gasteiger partial charge < -0.3 is 9.47 Å². The maximum absolute atomic E-state index is 12.9. The zero-order chi connectivity index (χ0) is 27.6. The van der Waals surface area contributed by atoms with Crippen molar-refractivity contribution in [3.8, 4) is 17.2 Å². The van der Waals surface area contributed by atoms with Gasteiger partial charge in [-0.25, -0.2) is 0 Å². The molecule has 4 rings (SSSR count). The van der Waals surface area contributed by atoms with Gasteiger partial charge in [0.2, 0.25) is 5.75 Å². The number of nitro groups is 2. The Morgan fingerprint density at radius 1 is 0.947 bits per heavy atom. The zero-order valence-corrected chi connectivity index (χ0v) is 21.6. The Morgan fingerprint density at radius 3 is 2.26 bits per heavy atom. The number of ether oxygens (including phenoxy) is 2. The van der Waals surface area contributed by atoms with Crippen molar-refractivity contribution in [2.24, 2.45) is 0 Å². The van der Waals surface area contributed by atoms with Crippen LogP contribution in [0.4, 0.5) is 16.2 Å². The first-order valence-electron chi connectivity index (χ1n) is 10.6. The van der Waals surface area contributed by atoms with Gasteiger partial charge >= 0.3 is 5.69 Å². The van der Waals surface area contributed by atoms with Crippen LogP contribution in [-0.4, -0.2) is 33.0 Å². The molecule has 0 aromatic heterocycles. The van der Waals surface area contributed by atoms with Crippen molar-refractivity contribution in [3.05, 3.63) is 101 Å². The largest absolute Gasteiger partial charge is 0.493 e. The quantitative estimate of drug-likeness (QED) is 0.160. The van der Waals surface area contributed by atoms with Gasteiger partial charge in [-0.05, 0) is 53.7 Å². The number of nitro benzene ring substituents is 2. The molecular weight excluding hydrogens is 561 g/mol. The molecule has 14 heteroatoms. The number of hydrogen-bond donors (Lipinski definition) is 0. The number of nitrogens with zero attached hydrogens (tertiary/aromatic N) is 3. The lowest BCUT2D eigenvalue weighted by atomic mass is 10.1. The summed E-state index contributed by atoms with van der Waals surface area (Å²) in [6.45, 7) is -0.0926. The van der Waals surface area contributed by atoms with Gasteiger partial charge in [0.1, 0.15) is 0 Å². The Balaban J connectivity index is 1.59. The molecule has 3 aromatic carbocycles. The Hall–Kier alpha value is -4.13. The molecule has 2 amide bonds. The predicted octanol–water partition coefficient (Wildman–Crippen LogP) is 6.85. The van der Waals surface area contributed by atoms with Gasteiger partial charge in [-0.2, -0.15) is 0 Å². The van der Waals surface area contributed by atoms with Crippen molar-refractivity contribution in [3.63, 3.8) is 0 Å². The Kier molecular flexibility index (Phi) is 7.86. The number of thioether (sulfide) groups is 1. The third-order valence-electron chi connectivity index (χ3n) is 5.31. The first-order chi connectivity index (χ1) is 18.1. The SMILES string of the molecule is COc1cc(C=C2SC(=O)N(Cc3c(Cl)cccc3Cl)C2=O)ccc1Oc1ccc([N+](=O)[O-])cc1[N+](=O)[O-]. The molecule has 0 bridgehead atoms. The van der Waals surface area contributed by atoms with E-state index in [1.165, 1.54) is 25.3 Å². The molecule has 1 saturated heterocycles. The van der Waals surface area contributed by atoms with E-state index in [-0.39, 0.29) is 28.7 Å². The molecule has 0 atom stereocenters. The van der Waals surface area contributed by atoms with Crippen molar-refractivity contribution >= 4 is 63.6 Å². The molecule has 3 aromatic rings. The molecule has 1 heterocycles. The number of non-ortho nitro benzene ring substituents is 1. The van der Waals surface area contributed by atoms with Crippen molar-refractivity contribution in [2.75, 3.05) is 7.11 Å². The normalized spacial score (nSPS) is 14.2. The Bertz CT molecular complexity index is 1510. The van der Waals surface area contributed by atoms with Crippen LogP contribution in [0.5, 0.6) is 17.2 Å². The number of halogens is 2. The number of amides is 2.